The average Bonchev–Trinajstić information content (AvgIpc) is 2.91. The Hall–Kier alpha value is -2.18. The summed E-state index contributed by atoms with van der Waals surface area (Å²) in [4.78, 5) is 37.6. The number of hydrogen-bond donors (Lipinski definition) is 2. The van der Waals surface area contributed by atoms with E-state index in [1.807, 2.05) is 18.2 Å². The van der Waals surface area contributed by atoms with E-state index in [2.05, 4.69) is 51.5 Å². The number of nitrogens with zero attached hydrogens (tertiary/aromatic N) is 5. The number of fused-ring (bicyclic) bond motifs is 1. The van der Waals surface area contributed by atoms with Crippen LogP contribution in [0.4, 0.5) is 23.1 Å². The van der Waals surface area contributed by atoms with Crippen molar-refractivity contribution in [1.82, 2.24) is 18.4 Å². The van der Waals surface area contributed by atoms with Gasteiger partial charge in [0.15, 0.2) is 5.82 Å². The molecule has 170 valence electrons. The van der Waals surface area contributed by atoms with Crippen LogP contribution in [-0.2, 0) is 16.0 Å². The fourth-order valence-corrected chi connectivity index (χ4v) is 4.55. The molecule has 1 fully saturated rings. The predicted octanol–water partition coefficient (Wildman–Crippen LogP) is 2.62. The van der Waals surface area contributed by atoms with Crippen molar-refractivity contribution in [1.29, 1.82) is 0 Å². The second-order valence-corrected chi connectivity index (χ2v) is 9.68. The van der Waals surface area contributed by atoms with Crippen LogP contribution in [0.5, 0.6) is 0 Å². The van der Waals surface area contributed by atoms with Crippen molar-refractivity contribution in [3.8, 4) is 0 Å². The quantitative estimate of drug-likeness (QED) is 0.432. The molecule has 0 spiro atoms. The molecule has 9 nitrogen and oxygen atoms in total. The largest absolute Gasteiger partial charge is 0.359 e. The normalized spacial score (nSPS) is 19.4. The molecule has 2 aliphatic rings. The van der Waals surface area contributed by atoms with Crippen LogP contribution in [0.25, 0.3) is 0 Å². The van der Waals surface area contributed by atoms with Gasteiger partial charge in [-0.1, -0.05) is 11.6 Å². The van der Waals surface area contributed by atoms with Crippen LogP contribution in [0.3, 0.4) is 0 Å². The smallest absolute Gasteiger partial charge is 0.227 e. The van der Waals surface area contributed by atoms with Crippen molar-refractivity contribution < 1.29 is 9.59 Å². The minimum atomic E-state index is -0.405. The summed E-state index contributed by atoms with van der Waals surface area (Å²) in [5.74, 6) is 0.550. The van der Waals surface area contributed by atoms with Gasteiger partial charge in [-0.05, 0) is 30.2 Å². The first-order valence-electron chi connectivity index (χ1n) is 10.4. The van der Waals surface area contributed by atoms with Crippen LogP contribution in [0.15, 0.2) is 24.4 Å². The molecule has 0 bridgehead atoms. The molecule has 0 aliphatic carbocycles. The molecule has 11 heteroatoms. The van der Waals surface area contributed by atoms with Crippen LogP contribution in [0.1, 0.15) is 12.0 Å². The Kier molecular flexibility index (Phi) is 7.01. The van der Waals surface area contributed by atoms with Gasteiger partial charge < -0.3 is 20.4 Å². The lowest BCUT2D eigenvalue weighted by Gasteiger charge is -2.31. The van der Waals surface area contributed by atoms with Gasteiger partial charge in [-0.3, -0.25) is 9.59 Å². The summed E-state index contributed by atoms with van der Waals surface area (Å²) < 4.78 is 2.24. The Bertz CT molecular complexity index is 1030. The van der Waals surface area contributed by atoms with Gasteiger partial charge >= 0.3 is 0 Å². The standard InChI is InChI=1S/C21H25ClIN7O2/c1-24-20(32)14-9-13-10-15(3-4-17(13)28(2)18(31)11-14)26-19-16(22)12-25-21(27-19)29-5-7-30(23)8-6-29/h3-4,10,12,14H,5-9,11H2,1-2H3,(H,24,32)(H,25,26,27). The Morgan fingerprint density at radius 2 is 1.97 bits per heavy atom. The maximum atomic E-state index is 12.5. The molecule has 2 amide bonds. The number of benzene rings is 1. The highest BCUT2D eigenvalue weighted by Gasteiger charge is 2.29. The van der Waals surface area contributed by atoms with Gasteiger partial charge in [0.05, 0.1) is 12.1 Å². The Balaban J connectivity index is 1.59. The minimum absolute atomic E-state index is 0.0758. The predicted molar refractivity (Wildman–Crippen MR) is 134 cm³/mol. The molecule has 1 atom stereocenters. The van der Waals surface area contributed by atoms with E-state index in [9.17, 15) is 9.59 Å². The third kappa shape index (κ3) is 4.91. The summed E-state index contributed by atoms with van der Waals surface area (Å²) in [5, 5.41) is 6.38. The minimum Gasteiger partial charge on any atom is -0.359 e. The van der Waals surface area contributed by atoms with Gasteiger partial charge in [0.25, 0.3) is 0 Å². The molecule has 0 saturated carbocycles. The lowest BCUT2D eigenvalue weighted by Crippen LogP contribution is -2.42. The van der Waals surface area contributed by atoms with Crippen LogP contribution in [0, 0.1) is 5.92 Å². The number of carbonyl (C=O) groups is 2. The van der Waals surface area contributed by atoms with Crippen LogP contribution >= 0.6 is 34.5 Å². The van der Waals surface area contributed by atoms with E-state index in [1.54, 1.807) is 25.2 Å². The fraction of sp³-hybridized carbons (Fsp3) is 0.429. The molecule has 1 aromatic heterocycles. The molecule has 2 aliphatic heterocycles. The van der Waals surface area contributed by atoms with Gasteiger partial charge in [-0.15, -0.1) is 0 Å². The second kappa shape index (κ2) is 9.75. The first-order valence-corrected chi connectivity index (χ1v) is 11.8. The van der Waals surface area contributed by atoms with Gasteiger partial charge in [0.2, 0.25) is 17.8 Å². The molecule has 4 rings (SSSR count). The van der Waals surface area contributed by atoms with E-state index in [0.717, 1.165) is 43.1 Å². The number of carbonyl (C=O) groups excluding carboxylic acids is 2. The van der Waals surface area contributed by atoms with E-state index < -0.39 is 5.92 Å². The van der Waals surface area contributed by atoms with Crippen molar-refractivity contribution in [3.63, 3.8) is 0 Å². The number of halogens is 2. The summed E-state index contributed by atoms with van der Waals surface area (Å²) in [6, 6.07) is 5.72. The van der Waals surface area contributed by atoms with Crippen LogP contribution < -0.4 is 20.4 Å². The topological polar surface area (TPSA) is 93.7 Å². The van der Waals surface area contributed by atoms with Crippen molar-refractivity contribution >= 4 is 69.4 Å². The summed E-state index contributed by atoms with van der Waals surface area (Å²) in [5.41, 5.74) is 2.50. The summed E-state index contributed by atoms with van der Waals surface area (Å²) in [6.45, 7) is 3.59. The van der Waals surface area contributed by atoms with E-state index in [4.69, 9.17) is 11.6 Å². The highest BCUT2D eigenvalue weighted by atomic mass is 127. The van der Waals surface area contributed by atoms with Crippen molar-refractivity contribution in [2.45, 2.75) is 12.8 Å². The number of rotatable bonds is 4. The number of hydrogen-bond acceptors (Lipinski definition) is 7. The molecule has 2 N–H and O–H groups in total. The molecular formula is C21H25ClIN7O2. The van der Waals surface area contributed by atoms with Crippen LogP contribution in [-0.4, -0.2) is 65.2 Å². The summed E-state index contributed by atoms with van der Waals surface area (Å²) in [6.07, 6.45) is 2.27. The zero-order valence-electron chi connectivity index (χ0n) is 17.9. The first-order chi connectivity index (χ1) is 15.4. The number of piperazine rings is 1. The Labute approximate surface area is 206 Å². The number of amides is 2. The summed E-state index contributed by atoms with van der Waals surface area (Å²) in [7, 11) is 3.33. The fourth-order valence-electron chi connectivity index (χ4n) is 3.98. The Morgan fingerprint density at radius 3 is 2.69 bits per heavy atom. The summed E-state index contributed by atoms with van der Waals surface area (Å²) >= 11 is 8.71. The molecule has 3 heterocycles. The van der Waals surface area contributed by atoms with E-state index in [0.29, 0.717) is 23.2 Å². The molecule has 1 saturated heterocycles. The van der Waals surface area contributed by atoms with Gasteiger partial charge in [-0.2, -0.15) is 4.98 Å². The SMILES string of the molecule is CNC(=O)C1CC(=O)N(C)c2ccc(Nc3nc(N4CCN(I)CC4)ncc3Cl)cc2C1. The lowest BCUT2D eigenvalue weighted by molar-refractivity contribution is -0.128. The Morgan fingerprint density at radius 1 is 1.22 bits per heavy atom. The highest BCUT2D eigenvalue weighted by Crippen LogP contribution is 2.33. The third-order valence-corrected chi connectivity index (χ3v) is 7.06. The molecule has 2 aromatic rings. The van der Waals surface area contributed by atoms with Crippen LogP contribution in [0.2, 0.25) is 5.02 Å². The van der Waals surface area contributed by atoms with E-state index in [1.165, 1.54) is 0 Å². The van der Waals surface area contributed by atoms with Gasteiger partial charge in [0, 0.05) is 80.9 Å². The van der Waals surface area contributed by atoms with E-state index >= 15 is 0 Å². The lowest BCUT2D eigenvalue weighted by atomic mass is 9.95. The van der Waals surface area contributed by atoms with Crippen molar-refractivity contribution in [3.05, 3.63) is 35.0 Å². The zero-order chi connectivity index (χ0) is 22.8. The molecular weight excluding hydrogens is 545 g/mol. The molecule has 0 radical (unpaired) electrons. The van der Waals surface area contributed by atoms with E-state index in [-0.39, 0.29) is 18.2 Å². The van der Waals surface area contributed by atoms with Gasteiger partial charge in [-0.25, -0.2) is 8.10 Å². The maximum Gasteiger partial charge on any atom is 0.227 e. The number of aromatic nitrogens is 2. The van der Waals surface area contributed by atoms with Crippen molar-refractivity contribution in [2.75, 3.05) is 55.4 Å². The monoisotopic (exact) mass is 569 g/mol. The third-order valence-electron chi connectivity index (χ3n) is 5.82. The van der Waals surface area contributed by atoms with Crippen molar-refractivity contribution in [2.24, 2.45) is 5.92 Å². The number of nitrogens with one attached hydrogen (secondary N) is 2. The first kappa shape index (κ1) is 23.0. The molecule has 1 aromatic carbocycles. The second-order valence-electron chi connectivity index (χ2n) is 7.90. The maximum absolute atomic E-state index is 12.5. The highest BCUT2D eigenvalue weighted by molar-refractivity contribution is 14.1. The molecule has 1 unspecified atom stereocenters. The number of anilines is 4. The molecule has 32 heavy (non-hydrogen) atoms. The van der Waals surface area contributed by atoms with Gasteiger partial charge in [0.1, 0.15) is 5.02 Å². The zero-order valence-corrected chi connectivity index (χ0v) is 20.9. The average molecular weight is 570 g/mol.